The van der Waals surface area contributed by atoms with Crippen LogP contribution >= 0.6 is 17.2 Å². The van der Waals surface area contributed by atoms with E-state index in [-0.39, 0.29) is 19.8 Å². The molecule has 0 heterocycles. The van der Waals surface area contributed by atoms with Gasteiger partial charge in [-0.2, -0.15) is 0 Å². The van der Waals surface area contributed by atoms with Gasteiger partial charge < -0.3 is 38.5 Å². The maximum Gasteiger partial charge on any atom is 0.327 e. The molecule has 0 radical (unpaired) electrons. The van der Waals surface area contributed by atoms with Crippen LogP contribution in [0.15, 0.2) is 0 Å². The molecule has 0 unspecified atom stereocenters. The minimum Gasteiger partial charge on any atom is -0.396 e. The fourth-order valence-corrected chi connectivity index (χ4v) is 3.01. The number of ether oxygens (including phenoxy) is 1. The van der Waals surface area contributed by atoms with Crippen molar-refractivity contribution in [2.24, 2.45) is 11.3 Å². The minimum atomic E-state index is -2.57. The van der Waals surface area contributed by atoms with E-state index in [2.05, 4.69) is 13.8 Å². The van der Waals surface area contributed by atoms with Crippen LogP contribution in [0.2, 0.25) is 0 Å². The molecule has 0 aromatic rings. The number of aliphatic hydroxyl groups excluding tert-OH is 1. The maximum atomic E-state index is 9.59. The number of unbranched alkanes of at least 4 members (excludes halogenated alkanes) is 4. The number of hydrogen-bond donors (Lipinski definition) is 5. The number of hydrogen-bond acceptors (Lipinski definition) is 8. The van der Waals surface area contributed by atoms with Crippen molar-refractivity contribution >= 4 is 17.2 Å². The van der Waals surface area contributed by atoms with Crippen LogP contribution in [-0.4, -0.2) is 57.7 Å². The molecule has 0 spiro atoms. The zero-order valence-corrected chi connectivity index (χ0v) is 17.0. The predicted octanol–water partition coefficient (Wildman–Crippen LogP) is 2.43. The molecule has 152 valence electrons. The first-order valence-corrected chi connectivity index (χ1v) is 10.9. The first-order chi connectivity index (χ1) is 11.8. The second-order valence-corrected chi connectivity index (χ2v) is 8.24. The fraction of sp³-hybridized carbons (Fsp3) is 1.00. The Bertz CT molecular complexity index is 293. The Morgan fingerprint density at radius 1 is 0.800 bits per heavy atom. The summed E-state index contributed by atoms with van der Waals surface area (Å²) in [7, 11) is -5.15. The van der Waals surface area contributed by atoms with Gasteiger partial charge in [-0.3, -0.25) is 0 Å². The summed E-state index contributed by atoms with van der Waals surface area (Å²) in [6, 6.07) is 0. The van der Waals surface area contributed by atoms with Crippen molar-refractivity contribution in [1.29, 1.82) is 0 Å². The van der Waals surface area contributed by atoms with Gasteiger partial charge in [0.1, 0.15) is 0 Å². The van der Waals surface area contributed by atoms with Gasteiger partial charge in [-0.25, -0.2) is 0 Å². The first-order valence-electron chi connectivity index (χ1n) is 8.61. The fourth-order valence-electron chi connectivity index (χ4n) is 2.23. The van der Waals surface area contributed by atoms with Crippen LogP contribution in [0.3, 0.4) is 0 Å². The van der Waals surface area contributed by atoms with Crippen molar-refractivity contribution in [1.82, 2.24) is 0 Å². The molecule has 0 bridgehead atoms. The van der Waals surface area contributed by atoms with Crippen molar-refractivity contribution in [2.45, 2.75) is 52.4 Å². The Morgan fingerprint density at radius 2 is 1.32 bits per heavy atom. The highest BCUT2D eigenvalue weighted by Gasteiger charge is 2.33. The Kier molecular flexibility index (Phi) is 15.9. The third-order valence-electron chi connectivity index (χ3n) is 3.79. The monoisotopic (exact) mass is 404 g/mol. The summed E-state index contributed by atoms with van der Waals surface area (Å²) >= 11 is 0. The van der Waals surface area contributed by atoms with Gasteiger partial charge in [0.25, 0.3) is 0 Å². The average Bonchev–Trinajstić information content (AvgIpc) is 2.54. The van der Waals surface area contributed by atoms with Gasteiger partial charge in [-0.05, 0) is 12.3 Å². The lowest BCUT2D eigenvalue weighted by Crippen LogP contribution is -2.40. The first kappa shape index (κ1) is 25.5. The lowest BCUT2D eigenvalue weighted by Gasteiger charge is -2.31. The van der Waals surface area contributed by atoms with E-state index in [0.717, 1.165) is 25.2 Å². The average molecular weight is 404 g/mol. The van der Waals surface area contributed by atoms with E-state index in [1.807, 2.05) is 0 Å². The molecule has 0 saturated heterocycles. The van der Waals surface area contributed by atoms with E-state index in [1.54, 1.807) is 0 Å². The molecule has 0 aromatic carbocycles. The van der Waals surface area contributed by atoms with Crippen LogP contribution in [0.4, 0.5) is 0 Å². The Morgan fingerprint density at radius 3 is 1.80 bits per heavy atom. The Balaban J connectivity index is 4.03. The number of aliphatic hydroxyl groups is 1. The zero-order chi connectivity index (χ0) is 19.1. The second-order valence-electron chi connectivity index (χ2n) is 6.71. The van der Waals surface area contributed by atoms with E-state index in [9.17, 15) is 5.11 Å². The predicted molar refractivity (Wildman–Crippen MR) is 97.5 cm³/mol. The SMILES string of the molecule is CC(C)CCCCCCCOCC(CO)(COP(O)O)COP(O)O. The molecule has 8 nitrogen and oxygen atoms in total. The molecular weight excluding hydrogens is 370 g/mol. The highest BCUT2D eigenvalue weighted by molar-refractivity contribution is 7.39. The van der Waals surface area contributed by atoms with Gasteiger partial charge >= 0.3 is 17.2 Å². The summed E-state index contributed by atoms with van der Waals surface area (Å²) in [5, 5.41) is 9.59. The molecule has 0 aromatic heterocycles. The maximum absolute atomic E-state index is 9.59. The van der Waals surface area contributed by atoms with Gasteiger partial charge in [0.15, 0.2) is 0 Å². The Labute approximate surface area is 153 Å². The summed E-state index contributed by atoms with van der Waals surface area (Å²) in [5.74, 6) is 0.747. The normalized spacial score (nSPS) is 12.7. The summed E-state index contributed by atoms with van der Waals surface area (Å²) in [5.41, 5.74) is -1.07. The zero-order valence-electron chi connectivity index (χ0n) is 15.2. The van der Waals surface area contributed by atoms with Gasteiger partial charge in [0.2, 0.25) is 0 Å². The molecule has 0 aliphatic heterocycles. The van der Waals surface area contributed by atoms with E-state index in [1.165, 1.54) is 19.3 Å². The van der Waals surface area contributed by atoms with Crippen molar-refractivity contribution in [3.8, 4) is 0 Å². The van der Waals surface area contributed by atoms with Crippen LogP contribution in [0, 0.1) is 11.3 Å². The quantitative estimate of drug-likeness (QED) is 0.185. The molecule has 0 fully saturated rings. The van der Waals surface area contributed by atoms with Gasteiger partial charge in [0, 0.05) is 6.61 Å². The van der Waals surface area contributed by atoms with E-state index < -0.39 is 29.2 Å². The third kappa shape index (κ3) is 15.3. The lowest BCUT2D eigenvalue weighted by molar-refractivity contribution is -0.0500. The van der Waals surface area contributed by atoms with Crippen LogP contribution in [0.1, 0.15) is 52.4 Å². The van der Waals surface area contributed by atoms with E-state index in [4.69, 9.17) is 33.4 Å². The molecular formula is C15H34O8P2. The van der Waals surface area contributed by atoms with E-state index in [0.29, 0.717) is 6.61 Å². The third-order valence-corrected chi connectivity index (χ3v) is 4.51. The summed E-state index contributed by atoms with van der Waals surface area (Å²) in [4.78, 5) is 35.5. The molecule has 5 N–H and O–H groups in total. The van der Waals surface area contributed by atoms with Crippen LogP contribution in [0.5, 0.6) is 0 Å². The molecule has 0 rings (SSSR count). The molecule has 0 atom stereocenters. The second kappa shape index (κ2) is 15.6. The lowest BCUT2D eigenvalue weighted by atomic mass is 9.93. The van der Waals surface area contributed by atoms with Crippen molar-refractivity contribution in [2.75, 3.05) is 33.0 Å². The van der Waals surface area contributed by atoms with Crippen LogP contribution < -0.4 is 0 Å². The molecule has 10 heteroatoms. The van der Waals surface area contributed by atoms with Crippen LogP contribution in [-0.2, 0) is 13.8 Å². The Hall–Kier alpha value is 0.540. The van der Waals surface area contributed by atoms with Crippen molar-refractivity contribution in [3.63, 3.8) is 0 Å². The minimum absolute atomic E-state index is 0.0587. The topological polar surface area (TPSA) is 129 Å². The molecule has 0 aliphatic rings. The van der Waals surface area contributed by atoms with Crippen LogP contribution in [0.25, 0.3) is 0 Å². The largest absolute Gasteiger partial charge is 0.396 e. The standard InChI is InChI=1S/C15H34O8P2/c1-14(2)8-6-4-3-5-7-9-21-11-15(10-16,12-22-24(17)18)13-23-25(19)20/h14,16-20H,3-13H2,1-2H3. The highest BCUT2D eigenvalue weighted by Crippen LogP contribution is 2.33. The smallest absolute Gasteiger partial charge is 0.327 e. The summed E-state index contributed by atoms with van der Waals surface area (Å²) in [6.07, 6.45) is 6.84. The van der Waals surface area contributed by atoms with Crippen molar-refractivity contribution in [3.05, 3.63) is 0 Å². The summed E-state index contributed by atoms with van der Waals surface area (Å²) < 4.78 is 15.1. The number of rotatable bonds is 17. The molecule has 0 amide bonds. The highest BCUT2D eigenvalue weighted by atomic mass is 31.2. The summed E-state index contributed by atoms with van der Waals surface area (Å²) in [6.45, 7) is 4.16. The van der Waals surface area contributed by atoms with E-state index >= 15 is 0 Å². The molecule has 0 saturated carbocycles. The molecule has 25 heavy (non-hydrogen) atoms. The van der Waals surface area contributed by atoms with Gasteiger partial charge in [-0.1, -0.05) is 46.0 Å². The van der Waals surface area contributed by atoms with Gasteiger partial charge in [0.05, 0.1) is 31.8 Å². The van der Waals surface area contributed by atoms with Crippen molar-refractivity contribution < 1.29 is 38.5 Å². The van der Waals surface area contributed by atoms with Gasteiger partial charge in [-0.15, -0.1) is 0 Å². The molecule has 0 aliphatic carbocycles.